The van der Waals surface area contributed by atoms with Crippen molar-refractivity contribution in [3.05, 3.63) is 72.1 Å². The molecule has 0 saturated heterocycles. The molecular weight excluding hydrogens is 372 g/mol. The Morgan fingerprint density at radius 3 is 2.60 bits per heavy atom. The van der Waals surface area contributed by atoms with E-state index in [0.717, 1.165) is 58.1 Å². The van der Waals surface area contributed by atoms with E-state index in [0.29, 0.717) is 6.54 Å². The van der Waals surface area contributed by atoms with Crippen LogP contribution in [-0.2, 0) is 11.3 Å². The van der Waals surface area contributed by atoms with Crippen molar-refractivity contribution in [2.24, 2.45) is 0 Å². The first-order valence-corrected chi connectivity index (χ1v) is 10.4. The molecule has 0 bridgehead atoms. The van der Waals surface area contributed by atoms with E-state index in [1.54, 1.807) is 0 Å². The van der Waals surface area contributed by atoms with Gasteiger partial charge in [0.05, 0.1) is 5.57 Å². The van der Waals surface area contributed by atoms with Gasteiger partial charge in [-0.05, 0) is 44.8 Å². The summed E-state index contributed by atoms with van der Waals surface area (Å²) in [6.07, 6.45) is 5.25. The lowest BCUT2D eigenvalue weighted by Crippen LogP contribution is -2.17. The highest BCUT2D eigenvalue weighted by molar-refractivity contribution is 6.33. The van der Waals surface area contributed by atoms with Crippen molar-refractivity contribution in [2.75, 3.05) is 27.2 Å². The lowest BCUT2D eigenvalue weighted by atomic mass is 9.96. The van der Waals surface area contributed by atoms with Crippen LogP contribution in [-0.4, -0.2) is 47.5 Å². The fourth-order valence-corrected chi connectivity index (χ4v) is 4.51. The van der Waals surface area contributed by atoms with Crippen molar-refractivity contribution in [1.29, 1.82) is 0 Å². The Labute approximate surface area is 176 Å². The van der Waals surface area contributed by atoms with Crippen LogP contribution in [0.15, 0.2) is 60.9 Å². The van der Waals surface area contributed by atoms with Gasteiger partial charge in [0.15, 0.2) is 0 Å². The fraction of sp³-hybridized carbons (Fsp3) is 0.240. The lowest BCUT2D eigenvalue weighted by molar-refractivity contribution is -0.114. The summed E-state index contributed by atoms with van der Waals surface area (Å²) in [6, 6.07) is 16.6. The SMILES string of the molecule is CN(C)CCCn1cc(C2=C(c3c[nH]c4ccccc34)CNC2=O)c2ccccc21. The second kappa shape index (κ2) is 7.50. The quantitative estimate of drug-likeness (QED) is 0.513. The third kappa shape index (κ3) is 3.12. The number of aromatic amines is 1. The Hall–Kier alpha value is -3.31. The smallest absolute Gasteiger partial charge is 0.252 e. The van der Waals surface area contributed by atoms with E-state index in [4.69, 9.17) is 0 Å². The molecular formula is C25H26N4O. The molecule has 2 aromatic carbocycles. The third-order valence-corrected chi connectivity index (χ3v) is 5.93. The number of benzene rings is 2. The van der Waals surface area contributed by atoms with Gasteiger partial charge >= 0.3 is 0 Å². The van der Waals surface area contributed by atoms with E-state index in [2.05, 4.69) is 76.5 Å². The number of carbonyl (C=O) groups excluding carboxylic acids is 1. The van der Waals surface area contributed by atoms with E-state index >= 15 is 0 Å². The summed E-state index contributed by atoms with van der Waals surface area (Å²) in [5.41, 5.74) is 6.24. The fourth-order valence-electron chi connectivity index (χ4n) is 4.51. The minimum absolute atomic E-state index is 0.00600. The van der Waals surface area contributed by atoms with Crippen molar-refractivity contribution in [1.82, 2.24) is 19.8 Å². The van der Waals surface area contributed by atoms with Gasteiger partial charge in [0, 0.05) is 58.4 Å². The lowest BCUT2D eigenvalue weighted by Gasteiger charge is -2.10. The van der Waals surface area contributed by atoms with Crippen LogP contribution in [0.3, 0.4) is 0 Å². The molecule has 2 N–H and O–H groups in total. The number of nitrogens with zero attached hydrogens (tertiary/aromatic N) is 2. The molecule has 5 rings (SSSR count). The minimum Gasteiger partial charge on any atom is -0.361 e. The number of fused-ring (bicyclic) bond motifs is 2. The standard InChI is InChI=1S/C25H26N4O/c1-28(2)12-7-13-29-16-21(18-9-4-6-11-23(18)29)24-20(15-27-25(24)30)19-14-26-22-10-5-3-8-17(19)22/h3-6,8-11,14,16,26H,7,12-13,15H2,1-2H3,(H,27,30). The Morgan fingerprint density at radius 2 is 1.77 bits per heavy atom. The number of carbonyl (C=O) groups is 1. The highest BCUT2D eigenvalue weighted by Crippen LogP contribution is 2.37. The van der Waals surface area contributed by atoms with Crippen LogP contribution < -0.4 is 5.32 Å². The molecule has 30 heavy (non-hydrogen) atoms. The number of amides is 1. The first kappa shape index (κ1) is 18.7. The first-order valence-electron chi connectivity index (χ1n) is 10.4. The Bertz CT molecular complexity index is 1270. The number of H-pyrrole nitrogens is 1. The number of rotatable bonds is 6. The molecule has 152 valence electrons. The monoisotopic (exact) mass is 398 g/mol. The third-order valence-electron chi connectivity index (χ3n) is 5.93. The molecule has 0 fully saturated rings. The topological polar surface area (TPSA) is 53.1 Å². The molecule has 0 spiro atoms. The van der Waals surface area contributed by atoms with Gasteiger partial charge < -0.3 is 19.8 Å². The summed E-state index contributed by atoms with van der Waals surface area (Å²) in [7, 11) is 4.20. The first-order chi connectivity index (χ1) is 14.6. The summed E-state index contributed by atoms with van der Waals surface area (Å²) in [5.74, 6) is 0.00600. The highest BCUT2D eigenvalue weighted by Gasteiger charge is 2.28. The average molecular weight is 399 g/mol. The van der Waals surface area contributed by atoms with Gasteiger partial charge in [-0.3, -0.25) is 4.79 Å². The Balaban J connectivity index is 1.66. The molecule has 0 radical (unpaired) electrons. The summed E-state index contributed by atoms with van der Waals surface area (Å²) in [4.78, 5) is 18.5. The predicted octanol–water partition coefficient (Wildman–Crippen LogP) is 4.11. The molecule has 3 heterocycles. The van der Waals surface area contributed by atoms with Crippen LogP contribution >= 0.6 is 0 Å². The van der Waals surface area contributed by atoms with Gasteiger partial charge in [-0.2, -0.15) is 0 Å². The molecule has 5 heteroatoms. The van der Waals surface area contributed by atoms with Crippen LogP contribution in [0, 0.1) is 0 Å². The molecule has 1 amide bonds. The van der Waals surface area contributed by atoms with Crippen LogP contribution in [0.1, 0.15) is 17.5 Å². The second-order valence-corrected chi connectivity index (χ2v) is 8.19. The number of nitrogens with one attached hydrogen (secondary N) is 2. The number of aryl methyl sites for hydroxylation is 1. The molecule has 0 unspecified atom stereocenters. The normalized spacial score (nSPS) is 14.4. The predicted molar refractivity (Wildman–Crippen MR) is 123 cm³/mol. The van der Waals surface area contributed by atoms with E-state index in [1.807, 2.05) is 18.3 Å². The van der Waals surface area contributed by atoms with Gasteiger partial charge in [-0.1, -0.05) is 36.4 Å². The molecule has 0 aliphatic carbocycles. The maximum atomic E-state index is 13.0. The van der Waals surface area contributed by atoms with Crippen molar-refractivity contribution < 1.29 is 4.79 Å². The zero-order valence-corrected chi connectivity index (χ0v) is 17.4. The maximum Gasteiger partial charge on any atom is 0.252 e. The van der Waals surface area contributed by atoms with Gasteiger partial charge in [-0.25, -0.2) is 0 Å². The zero-order valence-electron chi connectivity index (χ0n) is 17.4. The van der Waals surface area contributed by atoms with Gasteiger partial charge in [0.1, 0.15) is 0 Å². The van der Waals surface area contributed by atoms with Crippen LogP contribution in [0.25, 0.3) is 33.0 Å². The zero-order chi connectivity index (χ0) is 20.7. The summed E-state index contributed by atoms with van der Waals surface area (Å²) < 4.78 is 2.29. The molecule has 0 saturated carbocycles. The van der Waals surface area contributed by atoms with E-state index in [1.165, 1.54) is 5.52 Å². The molecule has 4 aromatic rings. The van der Waals surface area contributed by atoms with Gasteiger partial charge in [-0.15, -0.1) is 0 Å². The largest absolute Gasteiger partial charge is 0.361 e. The molecule has 5 nitrogen and oxygen atoms in total. The molecule has 0 atom stereocenters. The van der Waals surface area contributed by atoms with Crippen molar-refractivity contribution in [3.63, 3.8) is 0 Å². The van der Waals surface area contributed by atoms with Crippen LogP contribution in [0.2, 0.25) is 0 Å². The van der Waals surface area contributed by atoms with Crippen LogP contribution in [0.5, 0.6) is 0 Å². The van der Waals surface area contributed by atoms with Crippen LogP contribution in [0.4, 0.5) is 0 Å². The van der Waals surface area contributed by atoms with Crippen molar-refractivity contribution in [3.8, 4) is 0 Å². The summed E-state index contributed by atoms with van der Waals surface area (Å²) in [6.45, 7) is 2.51. The Morgan fingerprint density at radius 1 is 1.00 bits per heavy atom. The number of para-hydroxylation sites is 2. The summed E-state index contributed by atoms with van der Waals surface area (Å²) >= 11 is 0. The Kier molecular flexibility index (Phi) is 4.68. The average Bonchev–Trinajstić information content (AvgIpc) is 3.43. The highest BCUT2D eigenvalue weighted by atomic mass is 16.1. The van der Waals surface area contributed by atoms with E-state index < -0.39 is 0 Å². The molecule has 1 aliphatic rings. The van der Waals surface area contributed by atoms with Gasteiger partial charge in [0.2, 0.25) is 0 Å². The second-order valence-electron chi connectivity index (χ2n) is 8.19. The number of aromatic nitrogens is 2. The molecule has 1 aliphatic heterocycles. The van der Waals surface area contributed by atoms with Crippen molar-refractivity contribution >= 4 is 38.9 Å². The molecule has 2 aromatic heterocycles. The summed E-state index contributed by atoms with van der Waals surface area (Å²) in [5, 5.41) is 5.34. The minimum atomic E-state index is 0.00600. The van der Waals surface area contributed by atoms with Gasteiger partial charge in [0.25, 0.3) is 5.91 Å². The van der Waals surface area contributed by atoms with E-state index in [9.17, 15) is 4.79 Å². The maximum absolute atomic E-state index is 13.0. The van der Waals surface area contributed by atoms with Crippen molar-refractivity contribution in [2.45, 2.75) is 13.0 Å². The van der Waals surface area contributed by atoms with E-state index in [-0.39, 0.29) is 5.91 Å². The number of hydrogen-bond donors (Lipinski definition) is 2. The number of hydrogen-bond acceptors (Lipinski definition) is 2.